The van der Waals surface area contributed by atoms with E-state index in [2.05, 4.69) is 0 Å². The molecule has 0 fully saturated rings. The highest BCUT2D eigenvalue weighted by Gasteiger charge is 2.17. The first-order valence-corrected chi connectivity index (χ1v) is 6.34. The van der Waals surface area contributed by atoms with Gasteiger partial charge in [0.05, 0.1) is 4.90 Å². The fourth-order valence-corrected chi connectivity index (χ4v) is 2.42. The molecule has 1 rings (SSSR count). The summed E-state index contributed by atoms with van der Waals surface area (Å²) in [6.07, 6.45) is 1.20. The number of carboxylic acids is 1. The largest absolute Gasteiger partial charge is 0.478 e. The highest BCUT2D eigenvalue weighted by molar-refractivity contribution is 7.90. The summed E-state index contributed by atoms with van der Waals surface area (Å²) in [7, 11) is -3.98. The Morgan fingerprint density at radius 2 is 1.83 bits per heavy atom. The molecule has 0 aliphatic rings. The van der Waals surface area contributed by atoms with Crippen molar-refractivity contribution < 1.29 is 23.1 Å². The molecule has 0 heterocycles. The van der Waals surface area contributed by atoms with Gasteiger partial charge in [0.2, 0.25) is 0 Å². The number of carbonyl (C=O) groups is 2. The van der Waals surface area contributed by atoms with Crippen LogP contribution in [0.5, 0.6) is 0 Å². The van der Waals surface area contributed by atoms with Crippen LogP contribution in [0.4, 0.5) is 0 Å². The molecule has 0 aliphatic heterocycles. The minimum Gasteiger partial charge on any atom is -0.478 e. The number of amides is 1. The smallest absolute Gasteiger partial charge is 0.328 e. The van der Waals surface area contributed by atoms with Crippen LogP contribution in [0.25, 0.3) is 0 Å². The maximum atomic E-state index is 11.8. The maximum absolute atomic E-state index is 11.8. The Kier molecular flexibility index (Phi) is 4.22. The maximum Gasteiger partial charge on any atom is 0.328 e. The van der Waals surface area contributed by atoms with Gasteiger partial charge in [-0.1, -0.05) is 18.2 Å². The number of sulfonamides is 1. The van der Waals surface area contributed by atoms with Crippen molar-refractivity contribution in [2.24, 2.45) is 0 Å². The van der Waals surface area contributed by atoms with Crippen molar-refractivity contribution in [3.8, 4) is 0 Å². The molecule has 6 nitrogen and oxygen atoms in total. The lowest BCUT2D eigenvalue weighted by atomic mass is 10.2. The molecule has 0 radical (unpaired) electrons. The van der Waals surface area contributed by atoms with Gasteiger partial charge in [-0.3, -0.25) is 4.79 Å². The van der Waals surface area contributed by atoms with Gasteiger partial charge < -0.3 is 5.11 Å². The van der Waals surface area contributed by atoms with Gasteiger partial charge in [-0.2, -0.15) is 0 Å². The Bertz CT molecular complexity index is 604. The van der Waals surface area contributed by atoms with Gasteiger partial charge in [0, 0.05) is 12.2 Å². The molecule has 2 N–H and O–H groups in total. The Balaban J connectivity index is 2.94. The first-order chi connectivity index (χ1) is 8.33. The second-order valence-electron chi connectivity index (χ2n) is 3.41. The molecular weight excluding hydrogens is 258 g/mol. The number of nitrogens with one attached hydrogen (secondary N) is 1. The van der Waals surface area contributed by atoms with Crippen molar-refractivity contribution in [1.29, 1.82) is 0 Å². The van der Waals surface area contributed by atoms with Crippen LogP contribution < -0.4 is 4.72 Å². The zero-order chi connectivity index (χ0) is 13.8. The molecule has 0 saturated heterocycles. The molecule has 0 saturated carbocycles. The number of aryl methyl sites for hydroxylation is 1. The Morgan fingerprint density at radius 3 is 2.39 bits per heavy atom. The first-order valence-electron chi connectivity index (χ1n) is 4.86. The van der Waals surface area contributed by atoms with Crippen LogP contribution in [-0.4, -0.2) is 25.4 Å². The van der Waals surface area contributed by atoms with Crippen LogP contribution in [0.3, 0.4) is 0 Å². The van der Waals surface area contributed by atoms with Crippen molar-refractivity contribution >= 4 is 21.9 Å². The average molecular weight is 269 g/mol. The lowest BCUT2D eigenvalue weighted by Crippen LogP contribution is -2.29. The third-order valence-corrected chi connectivity index (χ3v) is 3.50. The van der Waals surface area contributed by atoms with Gasteiger partial charge in [0.1, 0.15) is 0 Å². The Hall–Kier alpha value is -2.15. The number of carbonyl (C=O) groups excluding carboxylic acids is 1. The van der Waals surface area contributed by atoms with E-state index in [-0.39, 0.29) is 4.90 Å². The fourth-order valence-electron chi connectivity index (χ4n) is 1.23. The molecule has 1 aromatic rings. The van der Waals surface area contributed by atoms with Crippen LogP contribution in [-0.2, 0) is 19.6 Å². The third-order valence-electron chi connectivity index (χ3n) is 2.00. The lowest BCUT2D eigenvalue weighted by molar-refractivity contribution is -0.131. The highest BCUT2D eigenvalue weighted by Crippen LogP contribution is 2.13. The van der Waals surface area contributed by atoms with E-state index in [4.69, 9.17) is 5.11 Å². The van der Waals surface area contributed by atoms with E-state index >= 15 is 0 Å². The summed E-state index contributed by atoms with van der Waals surface area (Å²) in [5.74, 6) is -2.35. The summed E-state index contributed by atoms with van der Waals surface area (Å²) >= 11 is 0. The zero-order valence-electron chi connectivity index (χ0n) is 9.45. The molecule has 7 heteroatoms. The Morgan fingerprint density at radius 1 is 1.22 bits per heavy atom. The monoisotopic (exact) mass is 269 g/mol. The fraction of sp³-hybridized carbons (Fsp3) is 0.0909. The van der Waals surface area contributed by atoms with E-state index in [1.807, 2.05) is 0 Å². The number of carboxylic acid groups (broad SMARTS) is 1. The van der Waals surface area contributed by atoms with Crippen molar-refractivity contribution in [1.82, 2.24) is 4.72 Å². The molecule has 18 heavy (non-hydrogen) atoms. The van der Waals surface area contributed by atoms with Gasteiger partial charge in [0.25, 0.3) is 15.9 Å². The first kappa shape index (κ1) is 13.9. The van der Waals surface area contributed by atoms with Crippen LogP contribution in [0.1, 0.15) is 5.56 Å². The molecule has 1 amide bonds. The number of rotatable bonds is 4. The minimum absolute atomic E-state index is 0.0259. The van der Waals surface area contributed by atoms with E-state index in [1.165, 1.54) is 12.1 Å². The summed E-state index contributed by atoms with van der Waals surface area (Å²) in [4.78, 5) is 21.4. The molecule has 0 unspecified atom stereocenters. The van der Waals surface area contributed by atoms with E-state index in [0.717, 1.165) is 0 Å². The summed E-state index contributed by atoms with van der Waals surface area (Å²) in [5.41, 5.74) is 0.486. The predicted molar refractivity (Wildman–Crippen MR) is 63.3 cm³/mol. The molecule has 1 aromatic carbocycles. The number of hydrogen-bond donors (Lipinski definition) is 2. The minimum atomic E-state index is -3.98. The van der Waals surface area contributed by atoms with E-state index in [1.54, 1.807) is 23.8 Å². The molecular formula is C11H11NO5S. The SMILES string of the molecule is Cc1ccccc1S(=O)(=O)NC(=O)/C=C\C(=O)O. The molecule has 0 bridgehead atoms. The van der Waals surface area contributed by atoms with Gasteiger partial charge in [0.15, 0.2) is 0 Å². The van der Waals surface area contributed by atoms with Crippen molar-refractivity contribution in [2.45, 2.75) is 11.8 Å². The quantitative estimate of drug-likeness (QED) is 0.772. The van der Waals surface area contributed by atoms with Crippen LogP contribution in [0.15, 0.2) is 41.3 Å². The molecule has 0 aromatic heterocycles. The molecule has 0 spiro atoms. The molecule has 96 valence electrons. The van der Waals surface area contributed by atoms with Crippen molar-refractivity contribution in [2.75, 3.05) is 0 Å². The molecule has 0 atom stereocenters. The topological polar surface area (TPSA) is 101 Å². The van der Waals surface area contributed by atoms with Gasteiger partial charge >= 0.3 is 5.97 Å². The van der Waals surface area contributed by atoms with E-state index in [9.17, 15) is 18.0 Å². The third kappa shape index (κ3) is 3.70. The van der Waals surface area contributed by atoms with Gasteiger partial charge in [-0.25, -0.2) is 17.9 Å². The summed E-state index contributed by atoms with van der Waals surface area (Å²) in [6.45, 7) is 1.59. The number of aliphatic carboxylic acids is 1. The van der Waals surface area contributed by atoms with E-state index < -0.39 is 21.9 Å². The van der Waals surface area contributed by atoms with Crippen LogP contribution in [0.2, 0.25) is 0 Å². The average Bonchev–Trinajstić information content (AvgIpc) is 2.26. The summed E-state index contributed by atoms with van der Waals surface area (Å²) < 4.78 is 25.3. The second kappa shape index (κ2) is 5.46. The van der Waals surface area contributed by atoms with Crippen molar-refractivity contribution in [3.05, 3.63) is 42.0 Å². The number of benzene rings is 1. The lowest BCUT2D eigenvalue weighted by Gasteiger charge is -2.07. The second-order valence-corrected chi connectivity index (χ2v) is 5.06. The highest BCUT2D eigenvalue weighted by atomic mass is 32.2. The standard InChI is InChI=1S/C11H11NO5S/c1-8-4-2-3-5-9(8)18(16,17)12-10(13)6-7-11(14)15/h2-7H,1H3,(H,12,13)(H,14,15)/b7-6-. The zero-order valence-corrected chi connectivity index (χ0v) is 10.3. The van der Waals surface area contributed by atoms with Gasteiger partial charge in [-0.15, -0.1) is 0 Å². The molecule has 0 aliphatic carbocycles. The predicted octanol–water partition coefficient (Wildman–Crippen LogP) is 0.441. The summed E-state index contributed by atoms with van der Waals surface area (Å²) in [5, 5.41) is 8.31. The summed E-state index contributed by atoms with van der Waals surface area (Å²) in [6, 6.07) is 6.14. The van der Waals surface area contributed by atoms with Crippen molar-refractivity contribution in [3.63, 3.8) is 0 Å². The number of hydrogen-bond acceptors (Lipinski definition) is 4. The van der Waals surface area contributed by atoms with Crippen LogP contribution >= 0.6 is 0 Å². The normalized spacial score (nSPS) is 11.4. The van der Waals surface area contributed by atoms with Gasteiger partial charge in [-0.05, 0) is 18.6 Å². The Labute approximate surface area is 104 Å². The van der Waals surface area contributed by atoms with Crippen LogP contribution in [0, 0.1) is 6.92 Å². The van der Waals surface area contributed by atoms with E-state index in [0.29, 0.717) is 17.7 Å².